The number of hydrogen-bond donors (Lipinski definition) is 1. The molecule has 4 heteroatoms. The number of rotatable bonds is 2. The number of benzene rings is 1. The zero-order valence-electron chi connectivity index (χ0n) is 13.7. The maximum atomic E-state index is 13.5. The van der Waals surface area contributed by atoms with Crippen LogP contribution in [0, 0.1) is 5.41 Å². The second-order valence-corrected chi connectivity index (χ2v) is 7.86. The van der Waals surface area contributed by atoms with Crippen LogP contribution in [-0.4, -0.2) is 37.0 Å². The van der Waals surface area contributed by atoms with Crippen LogP contribution >= 0.6 is 0 Å². The summed E-state index contributed by atoms with van der Waals surface area (Å²) in [7, 11) is 0. The van der Waals surface area contributed by atoms with Crippen LogP contribution < -0.4 is 5.32 Å². The maximum absolute atomic E-state index is 13.5. The first-order valence-electron chi connectivity index (χ1n) is 8.93. The van der Waals surface area contributed by atoms with Gasteiger partial charge in [-0.25, -0.2) is 8.78 Å². The summed E-state index contributed by atoms with van der Waals surface area (Å²) in [6.07, 6.45) is 6.87. The maximum Gasteiger partial charge on any atom is 0.273 e. The first kappa shape index (κ1) is 15.5. The highest BCUT2D eigenvalue weighted by molar-refractivity contribution is 5.27. The van der Waals surface area contributed by atoms with Crippen LogP contribution in [0.15, 0.2) is 30.3 Å². The van der Waals surface area contributed by atoms with Gasteiger partial charge in [0.15, 0.2) is 0 Å². The molecular weight excluding hydrogens is 294 g/mol. The second-order valence-electron chi connectivity index (χ2n) is 7.86. The van der Waals surface area contributed by atoms with Gasteiger partial charge in [-0.2, -0.15) is 0 Å². The van der Waals surface area contributed by atoms with Gasteiger partial charge in [-0.3, -0.25) is 4.90 Å². The molecule has 1 spiro atoms. The van der Waals surface area contributed by atoms with Crippen molar-refractivity contribution in [2.24, 2.45) is 5.41 Å². The van der Waals surface area contributed by atoms with Crippen molar-refractivity contribution in [3.63, 3.8) is 0 Å². The zero-order chi connectivity index (χ0) is 16.0. The van der Waals surface area contributed by atoms with Gasteiger partial charge >= 0.3 is 0 Å². The lowest BCUT2D eigenvalue weighted by atomic mass is 9.61. The molecule has 0 bridgehead atoms. The molecule has 2 aliphatic heterocycles. The van der Waals surface area contributed by atoms with E-state index in [4.69, 9.17) is 0 Å². The van der Waals surface area contributed by atoms with Gasteiger partial charge in [0.2, 0.25) is 0 Å². The minimum absolute atomic E-state index is 0.0730. The van der Waals surface area contributed by atoms with Gasteiger partial charge in [0.25, 0.3) is 5.92 Å². The van der Waals surface area contributed by atoms with Crippen LogP contribution in [0.4, 0.5) is 8.78 Å². The number of hydrogen-bond acceptors (Lipinski definition) is 2. The molecule has 0 radical (unpaired) electrons. The van der Waals surface area contributed by atoms with Crippen molar-refractivity contribution in [2.75, 3.05) is 26.2 Å². The summed E-state index contributed by atoms with van der Waals surface area (Å²) in [5.41, 5.74) is 1.52. The van der Waals surface area contributed by atoms with Crippen LogP contribution in [-0.2, 0) is 5.54 Å². The monoisotopic (exact) mass is 320 g/mol. The van der Waals surface area contributed by atoms with Gasteiger partial charge in [0.05, 0.1) is 13.1 Å². The molecule has 2 heterocycles. The molecule has 0 unspecified atom stereocenters. The van der Waals surface area contributed by atoms with E-state index in [-0.39, 0.29) is 18.6 Å². The van der Waals surface area contributed by atoms with Gasteiger partial charge in [-0.15, -0.1) is 0 Å². The minimum atomic E-state index is -2.49. The Bertz CT molecular complexity index is 534. The van der Waals surface area contributed by atoms with Gasteiger partial charge in [-0.05, 0) is 62.6 Å². The van der Waals surface area contributed by atoms with Crippen molar-refractivity contribution in [2.45, 2.75) is 50.0 Å². The number of nitrogens with zero attached hydrogens (tertiary/aromatic N) is 1. The van der Waals surface area contributed by atoms with Gasteiger partial charge in [0, 0.05) is 5.54 Å². The number of piperidine rings is 1. The second kappa shape index (κ2) is 5.52. The van der Waals surface area contributed by atoms with Gasteiger partial charge < -0.3 is 5.32 Å². The molecular formula is C19H26F2N2. The Morgan fingerprint density at radius 2 is 1.43 bits per heavy atom. The summed E-state index contributed by atoms with van der Waals surface area (Å²) in [4.78, 5) is 2.05. The van der Waals surface area contributed by atoms with Crippen molar-refractivity contribution in [1.82, 2.24) is 10.2 Å². The van der Waals surface area contributed by atoms with Crippen molar-refractivity contribution >= 4 is 0 Å². The van der Waals surface area contributed by atoms with Crippen molar-refractivity contribution in [3.05, 3.63) is 35.9 Å². The third kappa shape index (κ3) is 2.70. The Balaban J connectivity index is 1.58. The van der Waals surface area contributed by atoms with E-state index in [1.165, 1.54) is 31.2 Å². The molecule has 3 fully saturated rings. The molecule has 3 aliphatic rings. The summed E-state index contributed by atoms with van der Waals surface area (Å²) in [6, 6.07) is 10.4. The Kier molecular flexibility index (Phi) is 3.73. The molecule has 2 saturated heterocycles. The molecule has 23 heavy (non-hydrogen) atoms. The quantitative estimate of drug-likeness (QED) is 0.892. The Morgan fingerprint density at radius 1 is 0.826 bits per heavy atom. The fraction of sp³-hybridized carbons (Fsp3) is 0.684. The van der Waals surface area contributed by atoms with E-state index < -0.39 is 5.92 Å². The highest BCUT2D eigenvalue weighted by Gasteiger charge is 2.55. The third-order valence-corrected chi connectivity index (χ3v) is 6.56. The molecule has 4 rings (SSSR count). The predicted octanol–water partition coefficient (Wildman–Crippen LogP) is 3.78. The van der Waals surface area contributed by atoms with Gasteiger partial charge in [0.1, 0.15) is 0 Å². The first-order valence-corrected chi connectivity index (χ1v) is 8.93. The van der Waals surface area contributed by atoms with E-state index in [0.717, 1.165) is 25.9 Å². The number of likely N-dealkylation sites (tertiary alicyclic amines) is 1. The van der Waals surface area contributed by atoms with Gasteiger partial charge in [-0.1, -0.05) is 30.3 Å². The molecule has 0 amide bonds. The first-order chi connectivity index (χ1) is 11.0. The molecule has 1 aromatic rings. The molecule has 1 aliphatic carbocycles. The van der Waals surface area contributed by atoms with Crippen LogP contribution in [0.25, 0.3) is 0 Å². The largest absolute Gasteiger partial charge is 0.317 e. The van der Waals surface area contributed by atoms with Crippen molar-refractivity contribution in [3.8, 4) is 0 Å². The summed E-state index contributed by atoms with van der Waals surface area (Å²) in [5.74, 6) is -2.49. The van der Waals surface area contributed by atoms with Crippen LogP contribution in [0.2, 0.25) is 0 Å². The summed E-state index contributed by atoms with van der Waals surface area (Å²) in [6.45, 7) is 2.08. The topological polar surface area (TPSA) is 15.3 Å². The SMILES string of the molecule is FC1(F)CN(C2(c3ccccc3)CCC3(CCNCC3)CC2)C1. The van der Waals surface area contributed by atoms with Crippen molar-refractivity contribution in [1.29, 1.82) is 0 Å². The third-order valence-electron chi connectivity index (χ3n) is 6.56. The fourth-order valence-corrected chi connectivity index (χ4v) is 5.00. The van der Waals surface area contributed by atoms with E-state index in [1.54, 1.807) is 0 Å². The van der Waals surface area contributed by atoms with E-state index in [2.05, 4.69) is 22.3 Å². The average Bonchev–Trinajstić information content (AvgIpc) is 2.55. The van der Waals surface area contributed by atoms with E-state index in [0.29, 0.717) is 5.41 Å². The Morgan fingerprint density at radius 3 is 2.00 bits per heavy atom. The summed E-state index contributed by atoms with van der Waals surface area (Å²) in [5, 5.41) is 3.46. The van der Waals surface area contributed by atoms with Crippen LogP contribution in [0.3, 0.4) is 0 Å². The lowest BCUT2D eigenvalue weighted by Gasteiger charge is -2.57. The number of nitrogens with one attached hydrogen (secondary N) is 1. The molecule has 1 aromatic carbocycles. The van der Waals surface area contributed by atoms with Crippen LogP contribution in [0.1, 0.15) is 44.1 Å². The molecule has 0 aromatic heterocycles. The molecule has 2 nitrogen and oxygen atoms in total. The van der Waals surface area contributed by atoms with Crippen molar-refractivity contribution < 1.29 is 8.78 Å². The minimum Gasteiger partial charge on any atom is -0.317 e. The predicted molar refractivity (Wildman–Crippen MR) is 87.6 cm³/mol. The van der Waals surface area contributed by atoms with Crippen LogP contribution in [0.5, 0.6) is 0 Å². The zero-order valence-corrected chi connectivity index (χ0v) is 13.7. The fourth-order valence-electron chi connectivity index (χ4n) is 5.00. The Hall–Kier alpha value is -1.00. The molecule has 1 saturated carbocycles. The standard InChI is InChI=1S/C19H26F2N2/c20-19(21)14-23(15-19)18(16-4-2-1-3-5-16)8-6-17(7-9-18)10-12-22-13-11-17/h1-5,22H,6-15H2. The average molecular weight is 320 g/mol. The Labute approximate surface area is 137 Å². The molecule has 126 valence electrons. The van der Waals surface area contributed by atoms with E-state index in [9.17, 15) is 8.78 Å². The highest BCUT2D eigenvalue weighted by atomic mass is 19.3. The summed E-state index contributed by atoms with van der Waals surface area (Å²) >= 11 is 0. The number of halogens is 2. The molecule has 1 N–H and O–H groups in total. The number of alkyl halides is 2. The van der Waals surface area contributed by atoms with E-state index in [1.807, 2.05) is 18.2 Å². The molecule has 0 atom stereocenters. The highest BCUT2D eigenvalue weighted by Crippen LogP contribution is 2.54. The van der Waals surface area contributed by atoms with E-state index >= 15 is 0 Å². The lowest BCUT2D eigenvalue weighted by molar-refractivity contribution is -0.185. The summed E-state index contributed by atoms with van der Waals surface area (Å²) < 4.78 is 27.1. The lowest BCUT2D eigenvalue weighted by Crippen LogP contribution is -2.65. The smallest absolute Gasteiger partial charge is 0.273 e. The normalized spacial score (nSPS) is 29.1.